The van der Waals surface area contributed by atoms with Crippen LogP contribution in [0.5, 0.6) is 0 Å². The van der Waals surface area contributed by atoms with Gasteiger partial charge in [0.05, 0.1) is 10.4 Å². The van der Waals surface area contributed by atoms with Crippen LogP contribution in [0.15, 0.2) is 60.8 Å². The number of benzene rings is 2. The number of nitrogens with one attached hydrogen (secondary N) is 2. The predicted molar refractivity (Wildman–Crippen MR) is 149 cm³/mol. The third-order valence-corrected chi connectivity index (χ3v) is 8.25. The molecule has 0 saturated carbocycles. The summed E-state index contributed by atoms with van der Waals surface area (Å²) in [6, 6.07) is 14.0. The maximum atomic E-state index is 14.8. The van der Waals surface area contributed by atoms with Crippen molar-refractivity contribution in [3.05, 3.63) is 98.5 Å². The van der Waals surface area contributed by atoms with Crippen molar-refractivity contribution in [3.63, 3.8) is 0 Å². The lowest BCUT2D eigenvalue weighted by molar-refractivity contribution is 0.189. The van der Waals surface area contributed by atoms with Crippen LogP contribution in [-0.4, -0.2) is 37.2 Å². The number of nitrogens with zero attached hydrogens (tertiary/aromatic N) is 2. The molecule has 1 spiro atoms. The first kappa shape index (κ1) is 26.1. The Labute approximate surface area is 230 Å². The molecule has 5 nitrogen and oxygen atoms in total. The summed E-state index contributed by atoms with van der Waals surface area (Å²) in [6.45, 7) is 2.74. The lowest BCUT2D eigenvalue weighted by atomic mass is 9.74. The molecule has 2 N–H and O–H groups in total. The molecule has 0 radical (unpaired) electrons. The van der Waals surface area contributed by atoms with E-state index in [1.54, 1.807) is 18.3 Å². The molecule has 37 heavy (non-hydrogen) atoms. The molecule has 3 heterocycles. The molecule has 1 unspecified atom stereocenters. The average Bonchev–Trinajstić information content (AvgIpc) is 3.16. The van der Waals surface area contributed by atoms with Crippen molar-refractivity contribution in [2.24, 2.45) is 0 Å². The number of pyridine rings is 1. The van der Waals surface area contributed by atoms with E-state index in [9.17, 15) is 9.18 Å². The second kappa shape index (κ2) is 10.7. The molecular formula is C28H27Cl3FN4O+. The molecule has 1 fully saturated rings. The van der Waals surface area contributed by atoms with Crippen LogP contribution in [0, 0.1) is 5.82 Å². The van der Waals surface area contributed by atoms with Gasteiger partial charge in [-0.3, -0.25) is 0 Å². The molecule has 0 aliphatic carbocycles. The Morgan fingerprint density at radius 3 is 2.59 bits per heavy atom. The summed E-state index contributed by atoms with van der Waals surface area (Å²) >= 11 is 18.7. The van der Waals surface area contributed by atoms with Crippen LogP contribution < -0.4 is 15.1 Å². The van der Waals surface area contributed by atoms with Crippen molar-refractivity contribution < 1.29 is 9.18 Å². The van der Waals surface area contributed by atoms with E-state index in [0.717, 1.165) is 48.3 Å². The predicted octanol–water partition coefficient (Wildman–Crippen LogP) is 6.75. The van der Waals surface area contributed by atoms with Crippen LogP contribution in [0.3, 0.4) is 0 Å². The Bertz CT molecular complexity index is 1340. The number of amides is 2. The van der Waals surface area contributed by atoms with E-state index in [1.807, 2.05) is 42.5 Å². The Morgan fingerprint density at radius 2 is 1.86 bits per heavy atom. The zero-order valence-corrected chi connectivity index (χ0v) is 22.4. The highest BCUT2D eigenvalue weighted by Crippen LogP contribution is 2.53. The van der Waals surface area contributed by atoms with Gasteiger partial charge in [-0.25, -0.2) is 18.7 Å². The number of urea groups is 1. The average molecular weight is 561 g/mol. The van der Waals surface area contributed by atoms with Crippen LogP contribution >= 0.6 is 34.8 Å². The third kappa shape index (κ3) is 5.14. The minimum atomic E-state index is -0.457. The van der Waals surface area contributed by atoms with Crippen molar-refractivity contribution in [1.29, 1.82) is 0 Å². The van der Waals surface area contributed by atoms with Crippen LogP contribution in [0.25, 0.3) is 6.08 Å². The number of quaternary nitrogens is 1. The van der Waals surface area contributed by atoms with Crippen molar-refractivity contribution in [3.8, 4) is 0 Å². The minimum Gasteiger partial charge on any atom is -0.317 e. The highest BCUT2D eigenvalue weighted by Gasteiger charge is 2.58. The smallest absolute Gasteiger partial charge is 0.317 e. The van der Waals surface area contributed by atoms with E-state index in [0.29, 0.717) is 29.8 Å². The molecule has 2 aromatic carbocycles. The summed E-state index contributed by atoms with van der Waals surface area (Å²) < 4.78 is 14.8. The van der Waals surface area contributed by atoms with Gasteiger partial charge < -0.3 is 10.6 Å². The van der Waals surface area contributed by atoms with Crippen molar-refractivity contribution in [1.82, 2.24) is 20.1 Å². The molecule has 192 valence electrons. The highest BCUT2D eigenvalue weighted by atomic mass is 35.5. The third-order valence-electron chi connectivity index (χ3n) is 7.42. The molecular weight excluding hydrogens is 534 g/mol. The first-order valence-electron chi connectivity index (χ1n) is 12.2. The first-order chi connectivity index (χ1) is 17.8. The van der Waals surface area contributed by atoms with E-state index in [-0.39, 0.29) is 15.5 Å². The molecule has 9 heteroatoms. The van der Waals surface area contributed by atoms with Crippen LogP contribution in [0.1, 0.15) is 29.5 Å². The molecule has 5 rings (SSSR count). The fourth-order valence-corrected chi connectivity index (χ4v) is 6.33. The number of fused-ring (bicyclic) bond motifs is 2. The summed E-state index contributed by atoms with van der Waals surface area (Å²) in [7, 11) is 0. The van der Waals surface area contributed by atoms with Crippen molar-refractivity contribution in [2.75, 3.05) is 26.2 Å². The fourth-order valence-electron chi connectivity index (χ4n) is 5.65. The van der Waals surface area contributed by atoms with Crippen LogP contribution in [0.2, 0.25) is 15.2 Å². The molecule has 1 saturated heterocycles. The van der Waals surface area contributed by atoms with Gasteiger partial charge in [0.1, 0.15) is 29.7 Å². The zero-order valence-electron chi connectivity index (χ0n) is 20.1. The summed E-state index contributed by atoms with van der Waals surface area (Å²) in [5.74, 6) is -0.457. The van der Waals surface area contributed by atoms with Gasteiger partial charge in [-0.15, -0.1) is 0 Å². The summed E-state index contributed by atoms with van der Waals surface area (Å²) in [5, 5.41) is 7.64. The van der Waals surface area contributed by atoms with E-state index >= 15 is 0 Å². The summed E-state index contributed by atoms with van der Waals surface area (Å²) in [6.07, 6.45) is 7.13. The zero-order chi connectivity index (χ0) is 26.0. The van der Waals surface area contributed by atoms with E-state index in [4.69, 9.17) is 34.8 Å². The van der Waals surface area contributed by atoms with Gasteiger partial charge in [0.15, 0.2) is 0 Å². The number of halogens is 4. The normalized spacial score (nSPS) is 20.3. The molecule has 3 aromatic rings. The maximum absolute atomic E-state index is 14.8. The minimum absolute atomic E-state index is 0.00175. The Morgan fingerprint density at radius 1 is 1.11 bits per heavy atom. The number of carbonyl (C=O) groups excluding carboxylic acids is 1. The van der Waals surface area contributed by atoms with Gasteiger partial charge >= 0.3 is 6.03 Å². The lowest BCUT2D eigenvalue weighted by Gasteiger charge is -2.36. The van der Waals surface area contributed by atoms with Crippen LogP contribution in [0.4, 0.5) is 14.9 Å². The Hall–Kier alpha value is -2.48. The number of piperidine rings is 1. The van der Waals surface area contributed by atoms with Gasteiger partial charge in [0.25, 0.3) is 0 Å². The molecule has 0 bridgehead atoms. The number of rotatable bonds is 5. The quantitative estimate of drug-likeness (QED) is 0.268. The maximum Gasteiger partial charge on any atom is 0.422 e. The molecule has 2 aliphatic rings. The highest BCUT2D eigenvalue weighted by molar-refractivity contribution is 6.32. The number of hydrogen-bond donors (Lipinski definition) is 2. The lowest BCUT2D eigenvalue weighted by Crippen LogP contribution is -2.60. The number of hydrogen-bond acceptors (Lipinski definition) is 3. The van der Waals surface area contributed by atoms with Gasteiger partial charge in [0.2, 0.25) is 0 Å². The number of aromatic nitrogens is 1. The SMILES string of the molecule is O=C(NCc1ccnc(Cl)c1)[N+]1(C/C=C/c2ccc(Cl)cc2)CC2(CCNCC2)c2c1ccc(F)c2Cl. The van der Waals surface area contributed by atoms with Crippen molar-refractivity contribution in [2.45, 2.75) is 24.8 Å². The number of carbonyl (C=O) groups is 1. The van der Waals surface area contributed by atoms with E-state index < -0.39 is 11.2 Å². The summed E-state index contributed by atoms with van der Waals surface area (Å²) in [5.41, 5.74) is 2.93. The molecule has 2 amide bonds. The van der Waals surface area contributed by atoms with E-state index in [2.05, 4.69) is 15.6 Å². The fraction of sp³-hybridized carbons (Fsp3) is 0.286. The summed E-state index contributed by atoms with van der Waals surface area (Å²) in [4.78, 5) is 18.1. The molecule has 1 atom stereocenters. The molecule has 1 aromatic heterocycles. The monoisotopic (exact) mass is 559 g/mol. The van der Waals surface area contributed by atoms with Crippen LogP contribution in [-0.2, 0) is 12.0 Å². The molecule has 2 aliphatic heterocycles. The Kier molecular flexibility index (Phi) is 7.57. The van der Waals surface area contributed by atoms with Gasteiger partial charge in [-0.1, -0.05) is 53.0 Å². The topological polar surface area (TPSA) is 54.0 Å². The largest absolute Gasteiger partial charge is 0.422 e. The first-order valence-corrected chi connectivity index (χ1v) is 13.3. The van der Waals surface area contributed by atoms with E-state index in [1.165, 1.54) is 6.07 Å². The second-order valence-corrected chi connectivity index (χ2v) is 10.9. The Balaban J connectivity index is 1.54. The second-order valence-electron chi connectivity index (χ2n) is 9.69. The standard InChI is InChI=1S/C28H26Cl3FN4O/c29-21-5-3-19(4-6-21)2-1-15-36(27(37)35-17-20-9-12-34-24(30)16-20)18-28(10-13-33-14-11-28)25-23(36)8-7-22(32)26(25)31/h1-9,12,16,33H,10-11,13-15,17-18H2/p+1/b2-1+. The van der Waals surface area contributed by atoms with Gasteiger partial charge in [-0.2, -0.15) is 0 Å². The van der Waals surface area contributed by atoms with Crippen molar-refractivity contribution >= 4 is 52.6 Å². The van der Waals surface area contributed by atoms with Gasteiger partial charge in [0, 0.05) is 29.4 Å². The van der Waals surface area contributed by atoms with Gasteiger partial charge in [-0.05, 0) is 73.5 Å².